The van der Waals surface area contributed by atoms with Gasteiger partial charge in [-0.25, -0.2) is 4.99 Å². The minimum atomic E-state index is -0.0224. The predicted molar refractivity (Wildman–Crippen MR) is 122 cm³/mol. The highest BCUT2D eigenvalue weighted by atomic mass is 127. The Morgan fingerprint density at radius 3 is 2.67 bits per heavy atom. The van der Waals surface area contributed by atoms with Crippen LogP contribution in [-0.2, 0) is 11.3 Å². The van der Waals surface area contributed by atoms with Gasteiger partial charge in [0.15, 0.2) is 5.96 Å². The number of hydrogen-bond acceptors (Lipinski definition) is 4. The topological polar surface area (TPSA) is 58.1 Å². The van der Waals surface area contributed by atoms with E-state index >= 15 is 0 Å². The number of halogens is 1. The number of guanidine groups is 1. The Morgan fingerprint density at radius 1 is 1.26 bits per heavy atom. The van der Waals surface area contributed by atoms with Crippen LogP contribution < -0.4 is 15.4 Å². The van der Waals surface area contributed by atoms with Gasteiger partial charge in [-0.15, -0.1) is 24.0 Å². The lowest BCUT2D eigenvalue weighted by Gasteiger charge is -2.26. The Balaban J connectivity index is 0.00000364. The third kappa shape index (κ3) is 10.2. The van der Waals surface area contributed by atoms with Gasteiger partial charge in [0.1, 0.15) is 12.4 Å². The minimum Gasteiger partial charge on any atom is -0.492 e. The fraction of sp³-hybridized carbons (Fsp3) is 0.650. The average Bonchev–Trinajstić information content (AvgIpc) is 2.60. The molecule has 0 aromatic heterocycles. The van der Waals surface area contributed by atoms with Crippen molar-refractivity contribution in [2.75, 3.05) is 46.0 Å². The molecule has 2 rings (SSSR count). The molecular formula is C20H35IN4O2. The van der Waals surface area contributed by atoms with Crippen LogP contribution in [0.3, 0.4) is 0 Å². The van der Waals surface area contributed by atoms with Crippen molar-refractivity contribution in [1.29, 1.82) is 0 Å². The van der Waals surface area contributed by atoms with E-state index < -0.39 is 0 Å². The summed E-state index contributed by atoms with van der Waals surface area (Å²) in [6.45, 7) is 15.2. The SMILES string of the molecule is CCNC(=NCc1cccc(OCCN2CCOCC2)c1)NC(C)(C)C.I. The van der Waals surface area contributed by atoms with E-state index in [9.17, 15) is 0 Å². The van der Waals surface area contributed by atoms with Crippen LogP contribution in [0.15, 0.2) is 29.3 Å². The lowest BCUT2D eigenvalue weighted by atomic mass is 10.1. The average molecular weight is 490 g/mol. The summed E-state index contributed by atoms with van der Waals surface area (Å²) in [7, 11) is 0. The van der Waals surface area contributed by atoms with Gasteiger partial charge in [0.05, 0.1) is 19.8 Å². The fourth-order valence-electron chi connectivity index (χ4n) is 2.68. The highest BCUT2D eigenvalue weighted by Gasteiger charge is 2.12. The molecule has 154 valence electrons. The molecule has 1 aromatic carbocycles. The number of ether oxygens (including phenoxy) is 2. The van der Waals surface area contributed by atoms with Crippen molar-refractivity contribution in [2.24, 2.45) is 4.99 Å². The first-order chi connectivity index (χ1) is 12.5. The summed E-state index contributed by atoms with van der Waals surface area (Å²) in [6.07, 6.45) is 0. The molecule has 1 aliphatic rings. The zero-order valence-electron chi connectivity index (χ0n) is 17.1. The van der Waals surface area contributed by atoms with Crippen molar-refractivity contribution in [3.63, 3.8) is 0 Å². The second kappa shape index (κ2) is 12.4. The normalized spacial score (nSPS) is 15.8. The van der Waals surface area contributed by atoms with Crippen LogP contribution in [0.1, 0.15) is 33.3 Å². The van der Waals surface area contributed by atoms with Crippen molar-refractivity contribution < 1.29 is 9.47 Å². The van der Waals surface area contributed by atoms with Gasteiger partial charge in [-0.05, 0) is 45.4 Å². The molecule has 27 heavy (non-hydrogen) atoms. The monoisotopic (exact) mass is 490 g/mol. The van der Waals surface area contributed by atoms with Gasteiger partial charge in [0.25, 0.3) is 0 Å². The lowest BCUT2D eigenvalue weighted by molar-refractivity contribution is 0.0322. The van der Waals surface area contributed by atoms with Gasteiger partial charge in [-0.1, -0.05) is 12.1 Å². The van der Waals surface area contributed by atoms with E-state index in [1.807, 2.05) is 12.1 Å². The molecule has 6 nitrogen and oxygen atoms in total. The molecule has 1 saturated heterocycles. The molecule has 1 aromatic rings. The second-order valence-electron chi connectivity index (χ2n) is 7.52. The third-order valence-corrected chi connectivity index (χ3v) is 3.94. The van der Waals surface area contributed by atoms with Crippen LogP contribution in [-0.4, -0.2) is 62.4 Å². The maximum Gasteiger partial charge on any atom is 0.191 e. The maximum atomic E-state index is 5.92. The summed E-state index contributed by atoms with van der Waals surface area (Å²) in [5.74, 6) is 1.73. The Bertz CT molecular complexity index is 569. The van der Waals surface area contributed by atoms with Gasteiger partial charge in [0.2, 0.25) is 0 Å². The molecule has 0 unspecified atom stereocenters. The molecule has 0 aliphatic carbocycles. The Hall–Kier alpha value is -1.06. The van der Waals surface area contributed by atoms with E-state index in [4.69, 9.17) is 9.47 Å². The van der Waals surface area contributed by atoms with Gasteiger partial charge in [0, 0.05) is 31.7 Å². The summed E-state index contributed by atoms with van der Waals surface area (Å²) < 4.78 is 11.3. The van der Waals surface area contributed by atoms with Crippen molar-refractivity contribution in [3.8, 4) is 5.75 Å². The number of hydrogen-bond donors (Lipinski definition) is 2. The number of nitrogens with one attached hydrogen (secondary N) is 2. The van der Waals surface area contributed by atoms with E-state index in [1.54, 1.807) is 0 Å². The molecule has 0 atom stereocenters. The smallest absolute Gasteiger partial charge is 0.191 e. The van der Waals surface area contributed by atoms with E-state index in [0.717, 1.165) is 56.7 Å². The van der Waals surface area contributed by atoms with Crippen molar-refractivity contribution in [2.45, 2.75) is 39.8 Å². The first-order valence-electron chi connectivity index (χ1n) is 9.54. The van der Waals surface area contributed by atoms with E-state index in [0.29, 0.717) is 13.2 Å². The quantitative estimate of drug-likeness (QED) is 0.350. The van der Waals surface area contributed by atoms with Crippen LogP contribution >= 0.6 is 24.0 Å². The molecule has 7 heteroatoms. The molecule has 0 amide bonds. The van der Waals surface area contributed by atoms with E-state index in [-0.39, 0.29) is 29.5 Å². The van der Waals surface area contributed by atoms with Crippen molar-refractivity contribution in [3.05, 3.63) is 29.8 Å². The van der Waals surface area contributed by atoms with E-state index in [2.05, 4.69) is 60.4 Å². The second-order valence-corrected chi connectivity index (χ2v) is 7.52. The summed E-state index contributed by atoms with van der Waals surface area (Å²) in [4.78, 5) is 7.05. The molecule has 1 heterocycles. The highest BCUT2D eigenvalue weighted by Crippen LogP contribution is 2.14. The molecule has 0 spiro atoms. The molecule has 2 N–H and O–H groups in total. The molecular weight excluding hydrogens is 455 g/mol. The fourth-order valence-corrected chi connectivity index (χ4v) is 2.68. The van der Waals surface area contributed by atoms with Crippen LogP contribution in [0.5, 0.6) is 5.75 Å². The minimum absolute atomic E-state index is 0. The van der Waals surface area contributed by atoms with Gasteiger partial charge >= 0.3 is 0 Å². The molecule has 0 saturated carbocycles. The third-order valence-electron chi connectivity index (χ3n) is 3.94. The van der Waals surface area contributed by atoms with Crippen molar-refractivity contribution in [1.82, 2.24) is 15.5 Å². The first-order valence-corrected chi connectivity index (χ1v) is 9.54. The van der Waals surface area contributed by atoms with Crippen LogP contribution in [0.4, 0.5) is 0 Å². The van der Waals surface area contributed by atoms with Gasteiger partial charge < -0.3 is 20.1 Å². The molecule has 0 radical (unpaired) electrons. The molecule has 1 fully saturated rings. The Kier molecular flexibility index (Phi) is 11.0. The number of aliphatic imine (C=N–C) groups is 1. The number of benzene rings is 1. The van der Waals surface area contributed by atoms with Crippen LogP contribution in [0, 0.1) is 0 Å². The molecule has 0 bridgehead atoms. The van der Waals surface area contributed by atoms with Crippen LogP contribution in [0.25, 0.3) is 0 Å². The van der Waals surface area contributed by atoms with Gasteiger partial charge in [-0.3, -0.25) is 4.90 Å². The summed E-state index contributed by atoms with van der Waals surface area (Å²) in [6, 6.07) is 8.19. The Labute approximate surface area is 181 Å². The van der Waals surface area contributed by atoms with E-state index in [1.165, 1.54) is 0 Å². The summed E-state index contributed by atoms with van der Waals surface area (Å²) in [5, 5.41) is 6.69. The number of nitrogens with zero attached hydrogens (tertiary/aromatic N) is 2. The zero-order chi connectivity index (χ0) is 18.8. The molecule has 1 aliphatic heterocycles. The van der Waals surface area contributed by atoms with Crippen molar-refractivity contribution >= 4 is 29.9 Å². The summed E-state index contributed by atoms with van der Waals surface area (Å²) >= 11 is 0. The highest BCUT2D eigenvalue weighted by molar-refractivity contribution is 14.0. The first kappa shape index (κ1) is 24.0. The van der Waals surface area contributed by atoms with Gasteiger partial charge in [-0.2, -0.15) is 0 Å². The zero-order valence-corrected chi connectivity index (χ0v) is 19.4. The number of morpholine rings is 1. The summed E-state index contributed by atoms with van der Waals surface area (Å²) in [5.41, 5.74) is 1.12. The predicted octanol–water partition coefficient (Wildman–Crippen LogP) is 2.87. The Morgan fingerprint density at radius 2 is 2.00 bits per heavy atom. The largest absolute Gasteiger partial charge is 0.492 e. The van der Waals surface area contributed by atoms with Crippen LogP contribution in [0.2, 0.25) is 0 Å². The maximum absolute atomic E-state index is 5.92. The lowest BCUT2D eigenvalue weighted by Crippen LogP contribution is -2.47. The number of rotatable bonds is 7. The standard InChI is InChI=1S/C20H34N4O2.HI/c1-5-21-19(23-20(2,3)4)22-16-17-7-6-8-18(15-17)26-14-11-24-9-12-25-13-10-24;/h6-8,15H,5,9-14,16H2,1-4H3,(H2,21,22,23);1H.